The van der Waals surface area contributed by atoms with Gasteiger partial charge in [-0.3, -0.25) is 0 Å². The zero-order valence-electron chi connectivity index (χ0n) is 6.45. The summed E-state index contributed by atoms with van der Waals surface area (Å²) in [6, 6.07) is 4.74. The summed E-state index contributed by atoms with van der Waals surface area (Å²) in [6.07, 6.45) is 1.41. The van der Waals surface area contributed by atoms with Crippen molar-refractivity contribution in [3.05, 3.63) is 28.8 Å². The Morgan fingerprint density at radius 2 is 2.31 bits per heavy atom. The molecule has 0 heterocycles. The van der Waals surface area contributed by atoms with Crippen LogP contribution < -0.4 is 5.73 Å². The van der Waals surface area contributed by atoms with Gasteiger partial charge >= 0.3 is 0 Å². The average Bonchev–Trinajstić information content (AvgIpc) is 2.04. The van der Waals surface area contributed by atoms with Crippen LogP contribution in [0.1, 0.15) is 5.56 Å². The first-order chi connectivity index (χ1) is 6.15. The lowest BCUT2D eigenvalue weighted by atomic mass is 10.2. The molecule has 0 aliphatic heterocycles. The molecule has 0 saturated heterocycles. The lowest BCUT2D eigenvalue weighted by Crippen LogP contribution is -2.09. The van der Waals surface area contributed by atoms with Crippen LogP contribution in [0.5, 0.6) is 0 Å². The van der Waals surface area contributed by atoms with E-state index in [1.807, 2.05) is 0 Å². The SMILES string of the molecule is NC(=S)c1ccc(Cl)cc1N=C=O. The summed E-state index contributed by atoms with van der Waals surface area (Å²) in [5.41, 5.74) is 6.25. The first kappa shape index (κ1) is 9.86. The molecule has 0 atom stereocenters. The van der Waals surface area contributed by atoms with E-state index in [1.54, 1.807) is 12.1 Å². The second-order valence-electron chi connectivity index (χ2n) is 2.23. The average molecular weight is 213 g/mol. The second-order valence-corrected chi connectivity index (χ2v) is 3.11. The Bertz CT molecular complexity index is 399. The molecule has 5 heteroatoms. The molecule has 1 rings (SSSR count). The van der Waals surface area contributed by atoms with E-state index in [0.29, 0.717) is 16.3 Å². The minimum atomic E-state index is 0.172. The van der Waals surface area contributed by atoms with Crippen LogP contribution in [-0.4, -0.2) is 11.1 Å². The molecule has 0 fully saturated rings. The van der Waals surface area contributed by atoms with Gasteiger partial charge < -0.3 is 5.73 Å². The Hall–Kier alpha value is -1.22. The number of nitrogens with two attached hydrogens (primary N) is 1. The Morgan fingerprint density at radius 1 is 1.62 bits per heavy atom. The molecule has 0 aliphatic carbocycles. The maximum Gasteiger partial charge on any atom is 0.240 e. The fourth-order valence-electron chi connectivity index (χ4n) is 0.855. The van der Waals surface area contributed by atoms with E-state index in [2.05, 4.69) is 4.99 Å². The summed E-state index contributed by atoms with van der Waals surface area (Å²) in [5, 5.41) is 0.467. The highest BCUT2D eigenvalue weighted by molar-refractivity contribution is 7.80. The van der Waals surface area contributed by atoms with E-state index in [-0.39, 0.29) is 4.99 Å². The predicted molar refractivity (Wildman–Crippen MR) is 55.1 cm³/mol. The van der Waals surface area contributed by atoms with E-state index >= 15 is 0 Å². The number of thiocarbonyl (C=S) groups is 1. The third kappa shape index (κ3) is 2.36. The molecule has 0 bridgehead atoms. The number of benzene rings is 1. The fraction of sp³-hybridized carbons (Fsp3) is 0. The van der Waals surface area contributed by atoms with Crippen molar-refractivity contribution >= 4 is 40.6 Å². The summed E-state index contributed by atoms with van der Waals surface area (Å²) in [4.78, 5) is 13.6. The molecule has 0 amide bonds. The third-order valence-electron chi connectivity index (χ3n) is 1.39. The van der Waals surface area contributed by atoms with Gasteiger partial charge in [0.1, 0.15) is 4.99 Å². The van der Waals surface area contributed by atoms with Crippen molar-refractivity contribution in [2.24, 2.45) is 10.7 Å². The number of isocyanates is 1. The van der Waals surface area contributed by atoms with Crippen molar-refractivity contribution in [1.82, 2.24) is 0 Å². The molecule has 0 radical (unpaired) electrons. The van der Waals surface area contributed by atoms with Gasteiger partial charge in [-0.2, -0.15) is 4.99 Å². The highest BCUT2D eigenvalue weighted by Gasteiger charge is 2.04. The van der Waals surface area contributed by atoms with Gasteiger partial charge in [0.2, 0.25) is 6.08 Å². The zero-order chi connectivity index (χ0) is 9.84. The van der Waals surface area contributed by atoms with E-state index in [1.165, 1.54) is 12.1 Å². The van der Waals surface area contributed by atoms with Gasteiger partial charge in [0, 0.05) is 10.6 Å². The molecule has 2 N–H and O–H groups in total. The Balaban J connectivity index is 3.34. The van der Waals surface area contributed by atoms with Gasteiger partial charge in [-0.25, -0.2) is 4.79 Å². The van der Waals surface area contributed by atoms with Crippen molar-refractivity contribution in [2.75, 3.05) is 0 Å². The maximum absolute atomic E-state index is 10.0. The van der Waals surface area contributed by atoms with Crippen molar-refractivity contribution < 1.29 is 4.79 Å². The van der Waals surface area contributed by atoms with Crippen LogP contribution in [0.3, 0.4) is 0 Å². The van der Waals surface area contributed by atoms with Crippen LogP contribution in [0, 0.1) is 0 Å². The van der Waals surface area contributed by atoms with Crippen LogP contribution in [0.15, 0.2) is 23.2 Å². The quantitative estimate of drug-likeness (QED) is 0.463. The molecular weight excluding hydrogens is 208 g/mol. The number of hydrogen-bond acceptors (Lipinski definition) is 3. The zero-order valence-corrected chi connectivity index (χ0v) is 8.02. The van der Waals surface area contributed by atoms with Crippen molar-refractivity contribution in [3.8, 4) is 0 Å². The van der Waals surface area contributed by atoms with Crippen LogP contribution in [0.2, 0.25) is 5.02 Å². The number of carbonyl (C=O) groups excluding carboxylic acids is 1. The molecule has 13 heavy (non-hydrogen) atoms. The second kappa shape index (κ2) is 4.14. The number of rotatable bonds is 2. The number of hydrogen-bond donors (Lipinski definition) is 1. The first-order valence-corrected chi connectivity index (χ1v) is 4.11. The molecule has 1 aromatic carbocycles. The van der Waals surface area contributed by atoms with Crippen LogP contribution in [-0.2, 0) is 4.79 Å². The van der Waals surface area contributed by atoms with Crippen LogP contribution in [0.25, 0.3) is 0 Å². The summed E-state index contributed by atoms with van der Waals surface area (Å²) in [7, 11) is 0. The van der Waals surface area contributed by atoms with Crippen molar-refractivity contribution in [2.45, 2.75) is 0 Å². The minimum absolute atomic E-state index is 0.172. The Kier molecular flexibility index (Phi) is 3.14. The van der Waals surface area contributed by atoms with Crippen molar-refractivity contribution in [3.63, 3.8) is 0 Å². The molecule has 66 valence electrons. The molecule has 0 spiro atoms. The molecule has 0 aromatic heterocycles. The molecule has 1 aromatic rings. The van der Waals surface area contributed by atoms with Gasteiger partial charge in [-0.1, -0.05) is 23.8 Å². The Labute approximate surface area is 85.2 Å². The number of aliphatic imine (C=N–C) groups is 1. The van der Waals surface area contributed by atoms with Crippen LogP contribution in [0.4, 0.5) is 5.69 Å². The number of halogens is 1. The highest BCUT2D eigenvalue weighted by Crippen LogP contribution is 2.23. The largest absolute Gasteiger partial charge is 0.389 e. The van der Waals surface area contributed by atoms with Crippen molar-refractivity contribution in [1.29, 1.82) is 0 Å². The molecule has 0 aliphatic rings. The van der Waals surface area contributed by atoms with E-state index in [0.717, 1.165) is 0 Å². The van der Waals surface area contributed by atoms with E-state index in [4.69, 9.17) is 29.6 Å². The highest BCUT2D eigenvalue weighted by atomic mass is 35.5. The maximum atomic E-state index is 10.0. The summed E-state index contributed by atoms with van der Waals surface area (Å²) in [6.45, 7) is 0. The lowest BCUT2D eigenvalue weighted by Gasteiger charge is -2.01. The summed E-state index contributed by atoms with van der Waals surface area (Å²) < 4.78 is 0. The monoisotopic (exact) mass is 212 g/mol. The van der Waals surface area contributed by atoms with Gasteiger partial charge in [0.05, 0.1) is 5.69 Å². The van der Waals surface area contributed by atoms with Gasteiger partial charge in [0.15, 0.2) is 0 Å². The predicted octanol–water partition coefficient (Wildman–Crippen LogP) is 1.94. The summed E-state index contributed by atoms with van der Waals surface area (Å²) in [5.74, 6) is 0. The Morgan fingerprint density at radius 3 is 2.85 bits per heavy atom. The smallest absolute Gasteiger partial charge is 0.240 e. The van der Waals surface area contributed by atoms with Gasteiger partial charge in [-0.15, -0.1) is 0 Å². The normalized spacial score (nSPS) is 9.00. The third-order valence-corrected chi connectivity index (χ3v) is 1.85. The van der Waals surface area contributed by atoms with E-state index in [9.17, 15) is 4.79 Å². The first-order valence-electron chi connectivity index (χ1n) is 3.32. The molecule has 0 unspecified atom stereocenters. The van der Waals surface area contributed by atoms with Gasteiger partial charge in [0.25, 0.3) is 0 Å². The fourth-order valence-corrected chi connectivity index (χ4v) is 1.19. The topological polar surface area (TPSA) is 55.4 Å². The molecular formula is C8H5ClN2OS. The summed E-state index contributed by atoms with van der Waals surface area (Å²) >= 11 is 10.4. The minimum Gasteiger partial charge on any atom is -0.389 e. The number of nitrogens with zero attached hydrogens (tertiary/aromatic N) is 1. The van der Waals surface area contributed by atoms with E-state index < -0.39 is 0 Å². The van der Waals surface area contributed by atoms with Gasteiger partial charge in [-0.05, 0) is 18.2 Å². The molecule has 0 saturated carbocycles. The molecule has 3 nitrogen and oxygen atoms in total. The lowest BCUT2D eigenvalue weighted by molar-refractivity contribution is 0.565. The standard InChI is InChI=1S/C8H5ClN2OS/c9-5-1-2-6(8(10)13)7(3-5)11-4-12/h1-3H,(H2,10,13). The van der Waals surface area contributed by atoms with Crippen LogP contribution >= 0.6 is 23.8 Å².